The van der Waals surface area contributed by atoms with Crippen molar-refractivity contribution in [1.82, 2.24) is 14.5 Å². The van der Waals surface area contributed by atoms with Gasteiger partial charge in [0.05, 0.1) is 17.6 Å². The standard InChI is InChI=1S/C20H29N3O3/c1-2-9-20(15-25)10-5-11-22(14-20)19(26)8-12-23-17-7-4-3-6-16(17)21-18(23)13-24/h3-4,6-7,24-25H,2,5,8-15H2,1H3/t20-/m0/s1. The Kier molecular flexibility index (Phi) is 5.94. The largest absolute Gasteiger partial charge is 0.396 e. The second-order valence-electron chi connectivity index (χ2n) is 7.40. The van der Waals surface area contributed by atoms with E-state index in [1.165, 1.54) is 0 Å². The molecule has 6 heteroatoms. The maximum absolute atomic E-state index is 12.8. The summed E-state index contributed by atoms with van der Waals surface area (Å²) in [4.78, 5) is 19.1. The number of amides is 1. The van der Waals surface area contributed by atoms with Crippen LogP contribution in [0.1, 0.15) is 44.9 Å². The van der Waals surface area contributed by atoms with Gasteiger partial charge in [0.15, 0.2) is 0 Å². The first-order chi connectivity index (χ1) is 12.6. The molecular weight excluding hydrogens is 330 g/mol. The number of aliphatic hydroxyl groups is 2. The Morgan fingerprint density at radius 3 is 2.85 bits per heavy atom. The number of nitrogens with zero attached hydrogens (tertiary/aromatic N) is 3. The molecule has 1 amide bonds. The Balaban J connectivity index is 1.69. The normalized spacial score (nSPS) is 20.7. The third kappa shape index (κ3) is 3.76. The van der Waals surface area contributed by atoms with Gasteiger partial charge in [-0.15, -0.1) is 0 Å². The van der Waals surface area contributed by atoms with E-state index in [0.717, 1.165) is 43.3 Å². The van der Waals surface area contributed by atoms with Gasteiger partial charge in [0.1, 0.15) is 12.4 Å². The van der Waals surface area contributed by atoms with Gasteiger partial charge in [-0.2, -0.15) is 0 Å². The number of rotatable bonds is 7. The number of carbonyl (C=O) groups is 1. The van der Waals surface area contributed by atoms with Gasteiger partial charge in [-0.25, -0.2) is 4.98 Å². The zero-order valence-electron chi connectivity index (χ0n) is 15.5. The van der Waals surface area contributed by atoms with Crippen molar-refractivity contribution in [3.63, 3.8) is 0 Å². The number of likely N-dealkylation sites (tertiary alicyclic amines) is 1. The molecule has 0 spiro atoms. The van der Waals surface area contributed by atoms with Gasteiger partial charge in [-0.05, 0) is 31.4 Å². The van der Waals surface area contributed by atoms with Crippen LogP contribution >= 0.6 is 0 Å². The van der Waals surface area contributed by atoms with Crippen molar-refractivity contribution in [2.24, 2.45) is 5.41 Å². The van der Waals surface area contributed by atoms with E-state index in [9.17, 15) is 15.0 Å². The quantitative estimate of drug-likeness (QED) is 0.795. The minimum absolute atomic E-state index is 0.111. The molecule has 0 unspecified atom stereocenters. The molecule has 0 aliphatic carbocycles. The van der Waals surface area contributed by atoms with Gasteiger partial charge in [-0.1, -0.05) is 25.5 Å². The SMILES string of the molecule is CCC[C@]1(CO)CCCN(C(=O)CCn2c(CO)nc3ccccc32)C1. The highest BCUT2D eigenvalue weighted by molar-refractivity contribution is 5.78. The number of aliphatic hydroxyl groups excluding tert-OH is 2. The van der Waals surface area contributed by atoms with Crippen LogP contribution in [-0.2, 0) is 17.9 Å². The maximum Gasteiger partial charge on any atom is 0.224 e. The van der Waals surface area contributed by atoms with Gasteiger partial charge < -0.3 is 19.7 Å². The first kappa shape index (κ1) is 18.9. The zero-order chi connectivity index (χ0) is 18.6. The number of imidazole rings is 1. The molecule has 3 rings (SSSR count). The van der Waals surface area contributed by atoms with Crippen LogP contribution in [0, 0.1) is 5.41 Å². The van der Waals surface area contributed by atoms with Gasteiger partial charge >= 0.3 is 0 Å². The molecule has 1 saturated heterocycles. The average molecular weight is 359 g/mol. The van der Waals surface area contributed by atoms with Crippen molar-refractivity contribution in [3.05, 3.63) is 30.1 Å². The second-order valence-corrected chi connectivity index (χ2v) is 7.40. The van der Waals surface area contributed by atoms with E-state index in [0.29, 0.717) is 25.3 Å². The van der Waals surface area contributed by atoms with E-state index in [2.05, 4.69) is 11.9 Å². The number of aryl methyl sites for hydroxylation is 1. The zero-order valence-corrected chi connectivity index (χ0v) is 15.5. The topological polar surface area (TPSA) is 78.6 Å². The summed E-state index contributed by atoms with van der Waals surface area (Å²) >= 11 is 0. The first-order valence-electron chi connectivity index (χ1n) is 9.56. The Bertz CT molecular complexity index is 754. The molecule has 1 aromatic carbocycles. The predicted octanol–water partition coefficient (Wildman–Crippen LogP) is 2.32. The predicted molar refractivity (Wildman–Crippen MR) is 101 cm³/mol. The van der Waals surface area contributed by atoms with E-state index >= 15 is 0 Å². The van der Waals surface area contributed by atoms with Crippen molar-refractivity contribution in [2.45, 2.75) is 52.2 Å². The molecule has 1 atom stereocenters. The van der Waals surface area contributed by atoms with Crippen molar-refractivity contribution >= 4 is 16.9 Å². The summed E-state index contributed by atoms with van der Waals surface area (Å²) in [6.45, 7) is 4.04. The lowest BCUT2D eigenvalue weighted by atomic mass is 9.77. The van der Waals surface area contributed by atoms with Crippen LogP contribution in [0.3, 0.4) is 0 Å². The number of piperidine rings is 1. The van der Waals surface area contributed by atoms with Crippen molar-refractivity contribution in [3.8, 4) is 0 Å². The van der Waals surface area contributed by atoms with E-state index in [1.54, 1.807) is 0 Å². The molecular formula is C20H29N3O3. The van der Waals surface area contributed by atoms with Gasteiger partial charge in [-0.3, -0.25) is 4.79 Å². The molecule has 2 heterocycles. The maximum atomic E-state index is 12.8. The molecule has 142 valence electrons. The highest BCUT2D eigenvalue weighted by Crippen LogP contribution is 2.34. The van der Waals surface area contributed by atoms with E-state index in [1.807, 2.05) is 33.7 Å². The van der Waals surface area contributed by atoms with Crippen LogP contribution in [0.5, 0.6) is 0 Å². The highest BCUT2D eigenvalue weighted by atomic mass is 16.3. The molecule has 1 aliphatic rings. The summed E-state index contributed by atoms with van der Waals surface area (Å²) in [6.07, 6.45) is 4.28. The summed E-state index contributed by atoms with van der Waals surface area (Å²) in [5.74, 6) is 0.702. The Morgan fingerprint density at radius 2 is 2.12 bits per heavy atom. The summed E-state index contributed by atoms with van der Waals surface area (Å²) in [5.41, 5.74) is 1.64. The molecule has 1 aromatic heterocycles. The third-order valence-electron chi connectivity index (χ3n) is 5.55. The lowest BCUT2D eigenvalue weighted by molar-refractivity contribution is -0.136. The second kappa shape index (κ2) is 8.18. The lowest BCUT2D eigenvalue weighted by Crippen LogP contribution is -2.48. The molecule has 0 bridgehead atoms. The summed E-state index contributed by atoms with van der Waals surface area (Å²) in [6, 6.07) is 7.74. The molecule has 1 fully saturated rings. The third-order valence-corrected chi connectivity index (χ3v) is 5.55. The number of fused-ring (bicyclic) bond motifs is 1. The number of carbonyl (C=O) groups excluding carboxylic acids is 1. The van der Waals surface area contributed by atoms with Crippen LogP contribution < -0.4 is 0 Å². The number of hydrogen-bond acceptors (Lipinski definition) is 4. The van der Waals surface area contributed by atoms with E-state index in [-0.39, 0.29) is 24.5 Å². The molecule has 26 heavy (non-hydrogen) atoms. The smallest absolute Gasteiger partial charge is 0.224 e. The van der Waals surface area contributed by atoms with Crippen LogP contribution in [0.25, 0.3) is 11.0 Å². The van der Waals surface area contributed by atoms with Crippen LogP contribution in [-0.4, -0.2) is 50.3 Å². The van der Waals surface area contributed by atoms with Crippen LogP contribution in [0.2, 0.25) is 0 Å². The van der Waals surface area contributed by atoms with Crippen molar-refractivity contribution in [2.75, 3.05) is 19.7 Å². The lowest BCUT2D eigenvalue weighted by Gasteiger charge is -2.42. The fourth-order valence-corrected chi connectivity index (χ4v) is 4.22. The minimum Gasteiger partial charge on any atom is -0.396 e. The Labute approximate surface area is 154 Å². The molecule has 0 saturated carbocycles. The van der Waals surface area contributed by atoms with Crippen molar-refractivity contribution < 1.29 is 15.0 Å². The first-order valence-corrected chi connectivity index (χ1v) is 9.56. The Morgan fingerprint density at radius 1 is 1.31 bits per heavy atom. The number of benzene rings is 1. The Hall–Kier alpha value is -1.92. The summed E-state index contributed by atoms with van der Waals surface area (Å²) in [5, 5.41) is 19.4. The van der Waals surface area contributed by atoms with Crippen LogP contribution in [0.4, 0.5) is 0 Å². The van der Waals surface area contributed by atoms with Crippen LogP contribution in [0.15, 0.2) is 24.3 Å². The minimum atomic E-state index is -0.142. The number of hydrogen-bond donors (Lipinski definition) is 2. The molecule has 2 aromatic rings. The summed E-state index contributed by atoms with van der Waals surface area (Å²) < 4.78 is 1.93. The molecule has 2 N–H and O–H groups in total. The molecule has 0 radical (unpaired) electrons. The van der Waals surface area contributed by atoms with Gasteiger partial charge in [0, 0.05) is 31.5 Å². The molecule has 6 nitrogen and oxygen atoms in total. The molecule has 1 aliphatic heterocycles. The summed E-state index contributed by atoms with van der Waals surface area (Å²) in [7, 11) is 0. The average Bonchev–Trinajstić information content (AvgIpc) is 3.04. The monoisotopic (exact) mass is 359 g/mol. The fourth-order valence-electron chi connectivity index (χ4n) is 4.22. The number of aromatic nitrogens is 2. The van der Waals surface area contributed by atoms with E-state index < -0.39 is 0 Å². The fraction of sp³-hybridized carbons (Fsp3) is 0.600. The van der Waals surface area contributed by atoms with E-state index in [4.69, 9.17) is 0 Å². The van der Waals surface area contributed by atoms with Crippen molar-refractivity contribution in [1.29, 1.82) is 0 Å². The number of para-hydroxylation sites is 2. The highest BCUT2D eigenvalue weighted by Gasteiger charge is 2.35. The van der Waals surface area contributed by atoms with Gasteiger partial charge in [0.2, 0.25) is 5.91 Å². The van der Waals surface area contributed by atoms with Gasteiger partial charge in [0.25, 0.3) is 0 Å².